The molecule has 1 unspecified atom stereocenters. The van der Waals surface area contributed by atoms with Crippen LogP contribution in [0.4, 0.5) is 5.13 Å². The minimum Gasteiger partial charge on any atom is -0.474 e. The molecule has 1 atom stereocenters. The van der Waals surface area contributed by atoms with E-state index in [1.54, 1.807) is 0 Å². The number of carbonyl (C=O) groups is 1. The first kappa shape index (κ1) is 11.0. The number of hydrogen-bond acceptors (Lipinski definition) is 3. The maximum absolute atomic E-state index is 11.1. The lowest BCUT2D eigenvalue weighted by Gasteiger charge is -1.97. The molecule has 0 amide bonds. The van der Waals surface area contributed by atoms with Crippen LogP contribution < -0.4 is 5.73 Å². The Morgan fingerprint density at radius 1 is 1.64 bits per heavy atom. The molecule has 0 fully saturated rings. The van der Waals surface area contributed by atoms with E-state index >= 15 is 0 Å². The van der Waals surface area contributed by atoms with Crippen molar-refractivity contribution in [3.63, 3.8) is 0 Å². The zero-order chi connectivity index (χ0) is 10.9. The summed E-state index contributed by atoms with van der Waals surface area (Å²) in [7, 11) is -0.490. The van der Waals surface area contributed by atoms with Crippen molar-refractivity contribution in [2.75, 3.05) is 5.73 Å². The first-order valence-corrected chi connectivity index (χ1v) is 5.90. The van der Waals surface area contributed by atoms with Crippen molar-refractivity contribution in [3.05, 3.63) is 10.6 Å². The predicted octanol–water partition coefficient (Wildman–Crippen LogP) is 2.25. The first-order chi connectivity index (χ1) is 6.49. The number of anilines is 1. The van der Waals surface area contributed by atoms with Crippen LogP contribution in [0.3, 0.4) is 0 Å². The Balaban J connectivity index is 3.37. The Morgan fingerprint density at radius 2 is 2.21 bits per heavy atom. The van der Waals surface area contributed by atoms with Crippen molar-refractivity contribution in [1.29, 1.82) is 0 Å². The standard InChI is InChI=1S/C9H14N2O2S/c1-4-14-7(8(12)13)6(5(2)3)11-9(14)10/h5H,4H2,1-3H3,(H2-,10,11,12,13)/p+1. The van der Waals surface area contributed by atoms with Crippen LogP contribution >= 0.6 is 10.5 Å². The van der Waals surface area contributed by atoms with Crippen LogP contribution in [0.1, 0.15) is 42.1 Å². The summed E-state index contributed by atoms with van der Waals surface area (Å²) in [5, 5.41) is 9.54. The summed E-state index contributed by atoms with van der Waals surface area (Å²) in [6.45, 7) is 5.78. The number of aromatic nitrogens is 1. The quantitative estimate of drug-likeness (QED) is 0.758. The third-order valence-corrected chi connectivity index (χ3v) is 4.04. The van der Waals surface area contributed by atoms with Gasteiger partial charge in [-0.1, -0.05) is 13.8 Å². The third-order valence-electron chi connectivity index (χ3n) is 1.99. The molecule has 78 valence electrons. The molecule has 0 saturated heterocycles. The largest absolute Gasteiger partial charge is 0.474 e. The Labute approximate surface area is 85.7 Å². The number of nitrogens with zero attached hydrogens (tertiary/aromatic N) is 1. The van der Waals surface area contributed by atoms with E-state index in [0.717, 1.165) is 0 Å². The second-order valence-electron chi connectivity index (χ2n) is 3.30. The van der Waals surface area contributed by atoms with Crippen LogP contribution in [0.2, 0.25) is 0 Å². The van der Waals surface area contributed by atoms with Gasteiger partial charge in [0.1, 0.15) is 11.4 Å². The number of carboxylic acids is 1. The summed E-state index contributed by atoms with van der Waals surface area (Å²) in [4.78, 5) is 15.6. The lowest BCUT2D eigenvalue weighted by molar-refractivity contribution is 0.0700. The minimum absolute atomic E-state index is 0.115. The molecular formula is C9H15N2O2S+. The van der Waals surface area contributed by atoms with Crippen molar-refractivity contribution < 1.29 is 9.90 Å². The van der Waals surface area contributed by atoms with E-state index in [0.29, 0.717) is 21.5 Å². The van der Waals surface area contributed by atoms with Gasteiger partial charge in [-0.3, -0.25) is 0 Å². The van der Waals surface area contributed by atoms with E-state index in [1.807, 2.05) is 20.8 Å². The summed E-state index contributed by atoms with van der Waals surface area (Å²) < 4.78 is 0. The molecular weight excluding hydrogens is 200 g/mol. The Hall–Kier alpha value is -1.10. The molecule has 1 aromatic rings. The molecule has 0 bridgehead atoms. The van der Waals surface area contributed by atoms with Crippen molar-refractivity contribution in [1.82, 2.24) is 4.98 Å². The maximum atomic E-state index is 11.1. The number of rotatable bonds is 3. The van der Waals surface area contributed by atoms with Crippen LogP contribution in [-0.2, 0) is 5.75 Å². The number of thiazole rings is 1. The molecule has 0 saturated carbocycles. The molecule has 5 heteroatoms. The number of hydrogen-bond donors (Lipinski definition) is 2. The van der Waals surface area contributed by atoms with E-state index < -0.39 is 16.4 Å². The monoisotopic (exact) mass is 215 g/mol. The van der Waals surface area contributed by atoms with Gasteiger partial charge in [-0.25, -0.2) is 4.79 Å². The Morgan fingerprint density at radius 3 is 2.57 bits per heavy atom. The third kappa shape index (κ3) is 1.72. The van der Waals surface area contributed by atoms with Crippen molar-refractivity contribution >= 4 is 21.6 Å². The van der Waals surface area contributed by atoms with Crippen LogP contribution in [0.15, 0.2) is 0 Å². The highest BCUT2D eigenvalue weighted by Gasteiger charge is 2.32. The number of aromatic carboxylic acids is 1. The smallest absolute Gasteiger partial charge is 0.391 e. The lowest BCUT2D eigenvalue weighted by atomic mass is 10.1. The molecule has 0 spiro atoms. The van der Waals surface area contributed by atoms with E-state index in [9.17, 15) is 4.79 Å². The molecule has 1 aromatic heterocycles. The van der Waals surface area contributed by atoms with Crippen LogP contribution in [0.5, 0.6) is 0 Å². The van der Waals surface area contributed by atoms with Crippen LogP contribution in [0.25, 0.3) is 0 Å². The molecule has 0 radical (unpaired) electrons. The molecule has 0 aliphatic rings. The van der Waals surface area contributed by atoms with E-state index in [4.69, 9.17) is 10.8 Å². The molecule has 3 N–H and O–H groups in total. The number of nitrogen functional groups attached to an aromatic ring is 1. The molecule has 1 rings (SSSR count). The van der Waals surface area contributed by atoms with Gasteiger partial charge in [0.05, 0.1) is 0 Å². The zero-order valence-electron chi connectivity index (χ0n) is 8.57. The van der Waals surface area contributed by atoms with Gasteiger partial charge < -0.3 is 10.8 Å². The van der Waals surface area contributed by atoms with Crippen LogP contribution in [0, 0.1) is 0 Å². The van der Waals surface area contributed by atoms with Crippen molar-refractivity contribution in [3.8, 4) is 0 Å². The van der Waals surface area contributed by atoms with E-state index in [-0.39, 0.29) is 5.92 Å². The molecule has 0 aliphatic heterocycles. The average Bonchev–Trinajstić information content (AvgIpc) is 2.42. The summed E-state index contributed by atoms with van der Waals surface area (Å²) in [5.41, 5.74) is 6.34. The van der Waals surface area contributed by atoms with Gasteiger partial charge in [0.2, 0.25) is 0 Å². The van der Waals surface area contributed by atoms with E-state index in [1.165, 1.54) is 0 Å². The van der Waals surface area contributed by atoms with Crippen LogP contribution in [-0.4, -0.2) is 16.1 Å². The van der Waals surface area contributed by atoms with E-state index in [2.05, 4.69) is 4.98 Å². The van der Waals surface area contributed by atoms with Gasteiger partial charge in [-0.05, 0) is 6.92 Å². The zero-order valence-corrected chi connectivity index (χ0v) is 9.39. The fraction of sp³-hybridized carbons (Fsp3) is 0.556. The predicted molar refractivity (Wildman–Crippen MR) is 57.9 cm³/mol. The van der Waals surface area contributed by atoms with Gasteiger partial charge in [-0.2, -0.15) is 4.98 Å². The fourth-order valence-electron chi connectivity index (χ4n) is 1.35. The fourth-order valence-corrected chi connectivity index (χ4v) is 3.10. The molecule has 0 aliphatic carbocycles. The van der Waals surface area contributed by atoms with Gasteiger partial charge in [0.25, 0.3) is 4.88 Å². The minimum atomic E-state index is -0.886. The summed E-state index contributed by atoms with van der Waals surface area (Å²) >= 11 is 0. The highest BCUT2D eigenvalue weighted by molar-refractivity contribution is 7.35. The summed E-state index contributed by atoms with van der Waals surface area (Å²) in [6.07, 6.45) is 0. The molecule has 0 aromatic carbocycles. The topological polar surface area (TPSA) is 76.2 Å². The highest BCUT2D eigenvalue weighted by Crippen LogP contribution is 2.37. The second kappa shape index (κ2) is 3.96. The Kier molecular flexibility index (Phi) is 3.10. The van der Waals surface area contributed by atoms with Gasteiger partial charge in [0.15, 0.2) is 0 Å². The summed E-state index contributed by atoms with van der Waals surface area (Å²) in [6, 6.07) is 0. The molecule has 1 heterocycles. The van der Waals surface area contributed by atoms with Gasteiger partial charge in [-0.15, -0.1) is 0 Å². The number of carboxylic acid groups (broad SMARTS) is 1. The Bertz CT molecular complexity index is 358. The lowest BCUT2D eigenvalue weighted by Crippen LogP contribution is -2.01. The van der Waals surface area contributed by atoms with Crippen molar-refractivity contribution in [2.45, 2.75) is 32.4 Å². The average molecular weight is 215 g/mol. The van der Waals surface area contributed by atoms with Crippen molar-refractivity contribution in [2.24, 2.45) is 0 Å². The maximum Gasteiger partial charge on any atom is 0.391 e. The second-order valence-corrected chi connectivity index (χ2v) is 5.49. The van der Waals surface area contributed by atoms with Gasteiger partial charge >= 0.3 is 11.1 Å². The first-order valence-electron chi connectivity index (χ1n) is 4.51. The molecule has 4 nitrogen and oxygen atoms in total. The SMILES string of the molecule is CC[s+]1c(N)nc(C(C)C)c1C(=O)O. The molecule has 14 heavy (non-hydrogen) atoms. The highest BCUT2D eigenvalue weighted by atomic mass is 32.2. The summed E-state index contributed by atoms with van der Waals surface area (Å²) in [5.74, 6) is -0.0560. The normalized spacial score (nSPS) is 12.1. The van der Waals surface area contributed by atoms with Gasteiger partial charge in [0, 0.05) is 16.4 Å². The number of nitrogens with two attached hydrogens (primary N) is 1.